The van der Waals surface area contributed by atoms with Crippen LogP contribution >= 0.6 is 0 Å². The number of nitrogens with one attached hydrogen (secondary N) is 2. The van der Waals surface area contributed by atoms with E-state index in [1.807, 2.05) is 18.2 Å². The monoisotopic (exact) mass is 245 g/mol. The van der Waals surface area contributed by atoms with E-state index in [0.717, 1.165) is 38.2 Å². The normalized spacial score (nSPS) is 22.1. The van der Waals surface area contributed by atoms with Crippen molar-refractivity contribution in [2.24, 2.45) is 0 Å². The summed E-state index contributed by atoms with van der Waals surface area (Å²) in [6, 6.07) is 8.63. The minimum absolute atomic E-state index is 0.110. The van der Waals surface area contributed by atoms with Crippen molar-refractivity contribution in [1.29, 1.82) is 0 Å². The van der Waals surface area contributed by atoms with E-state index >= 15 is 0 Å². The topological polar surface area (TPSA) is 44.4 Å². The summed E-state index contributed by atoms with van der Waals surface area (Å²) >= 11 is 0. The van der Waals surface area contributed by atoms with Crippen LogP contribution in [-0.2, 0) is 11.3 Å². The SMILES string of the molecule is O=C1CN(C2CCNCC2)Cc2ccccc2N1. The van der Waals surface area contributed by atoms with Crippen LogP contribution in [0.5, 0.6) is 0 Å². The first-order valence-corrected chi connectivity index (χ1v) is 6.65. The zero-order valence-electron chi connectivity index (χ0n) is 10.5. The van der Waals surface area contributed by atoms with E-state index in [2.05, 4.69) is 21.6 Å². The van der Waals surface area contributed by atoms with Gasteiger partial charge in [0.05, 0.1) is 6.54 Å². The molecule has 96 valence electrons. The lowest BCUT2D eigenvalue weighted by Gasteiger charge is -2.33. The lowest BCUT2D eigenvalue weighted by Crippen LogP contribution is -2.44. The first-order valence-electron chi connectivity index (χ1n) is 6.65. The number of benzene rings is 1. The predicted octanol–water partition coefficient (Wildman–Crippen LogP) is 1.19. The Morgan fingerprint density at radius 2 is 1.89 bits per heavy atom. The highest BCUT2D eigenvalue weighted by Crippen LogP contribution is 2.23. The number of para-hydroxylation sites is 1. The number of hydrogen-bond acceptors (Lipinski definition) is 3. The highest BCUT2D eigenvalue weighted by atomic mass is 16.2. The second kappa shape index (κ2) is 5.08. The Hall–Kier alpha value is -1.39. The van der Waals surface area contributed by atoms with Gasteiger partial charge < -0.3 is 10.6 Å². The molecular weight excluding hydrogens is 226 g/mol. The Morgan fingerprint density at radius 1 is 1.11 bits per heavy atom. The van der Waals surface area contributed by atoms with Crippen LogP contribution in [0.15, 0.2) is 24.3 Å². The molecule has 2 aliphatic rings. The van der Waals surface area contributed by atoms with Crippen LogP contribution in [-0.4, -0.2) is 36.5 Å². The van der Waals surface area contributed by atoms with Gasteiger partial charge in [-0.3, -0.25) is 9.69 Å². The molecule has 3 rings (SSSR count). The zero-order valence-corrected chi connectivity index (χ0v) is 10.5. The van der Waals surface area contributed by atoms with E-state index in [0.29, 0.717) is 12.6 Å². The van der Waals surface area contributed by atoms with Gasteiger partial charge in [0.1, 0.15) is 0 Å². The minimum Gasteiger partial charge on any atom is -0.325 e. The standard InChI is InChI=1S/C14H19N3O/c18-14-10-17(12-5-7-15-8-6-12)9-11-3-1-2-4-13(11)16-14/h1-4,12,15H,5-10H2,(H,16,18). The van der Waals surface area contributed by atoms with Crippen LogP contribution in [0.2, 0.25) is 0 Å². The van der Waals surface area contributed by atoms with Gasteiger partial charge >= 0.3 is 0 Å². The molecule has 1 fully saturated rings. The average molecular weight is 245 g/mol. The van der Waals surface area contributed by atoms with Crippen LogP contribution in [0.1, 0.15) is 18.4 Å². The Kier molecular flexibility index (Phi) is 3.30. The number of anilines is 1. The number of fused-ring (bicyclic) bond motifs is 1. The van der Waals surface area contributed by atoms with E-state index < -0.39 is 0 Å². The Balaban J connectivity index is 1.82. The lowest BCUT2D eigenvalue weighted by atomic mass is 10.0. The van der Waals surface area contributed by atoms with Crippen LogP contribution < -0.4 is 10.6 Å². The molecule has 1 amide bonds. The predicted molar refractivity (Wildman–Crippen MR) is 71.4 cm³/mol. The summed E-state index contributed by atoms with van der Waals surface area (Å²) in [6.07, 6.45) is 2.27. The van der Waals surface area contributed by atoms with E-state index in [9.17, 15) is 4.79 Å². The van der Waals surface area contributed by atoms with E-state index in [4.69, 9.17) is 0 Å². The molecule has 0 bridgehead atoms. The van der Waals surface area contributed by atoms with Crippen LogP contribution in [0, 0.1) is 0 Å². The van der Waals surface area contributed by atoms with Gasteiger partial charge in [0.15, 0.2) is 0 Å². The van der Waals surface area contributed by atoms with Gasteiger partial charge in [-0.25, -0.2) is 0 Å². The highest BCUT2D eigenvalue weighted by molar-refractivity contribution is 5.93. The molecule has 1 saturated heterocycles. The molecule has 2 N–H and O–H groups in total. The number of amides is 1. The summed E-state index contributed by atoms with van der Waals surface area (Å²) < 4.78 is 0. The quantitative estimate of drug-likeness (QED) is 0.781. The third-order valence-electron chi connectivity index (χ3n) is 3.84. The molecule has 0 spiro atoms. The van der Waals surface area contributed by atoms with Gasteiger partial charge in [0, 0.05) is 18.3 Å². The summed E-state index contributed by atoms with van der Waals surface area (Å²) in [5.74, 6) is 0.110. The Bertz CT molecular complexity index is 440. The largest absolute Gasteiger partial charge is 0.325 e. The fourth-order valence-corrected chi connectivity index (χ4v) is 2.86. The first kappa shape index (κ1) is 11.7. The molecule has 0 unspecified atom stereocenters. The average Bonchev–Trinajstić information content (AvgIpc) is 2.57. The smallest absolute Gasteiger partial charge is 0.238 e. The third kappa shape index (κ3) is 2.40. The summed E-state index contributed by atoms with van der Waals surface area (Å²) in [5, 5.41) is 6.37. The van der Waals surface area contributed by atoms with E-state index in [-0.39, 0.29) is 5.91 Å². The molecule has 2 aliphatic heterocycles. The number of carbonyl (C=O) groups excluding carboxylic acids is 1. The van der Waals surface area contributed by atoms with Crippen molar-refractivity contribution in [3.63, 3.8) is 0 Å². The molecule has 1 aromatic carbocycles. The van der Waals surface area contributed by atoms with Crippen molar-refractivity contribution in [3.8, 4) is 0 Å². The van der Waals surface area contributed by atoms with Gasteiger partial charge in [0.2, 0.25) is 5.91 Å². The number of hydrogen-bond donors (Lipinski definition) is 2. The molecule has 0 radical (unpaired) electrons. The van der Waals surface area contributed by atoms with Crippen LogP contribution in [0.25, 0.3) is 0 Å². The molecule has 0 atom stereocenters. The lowest BCUT2D eigenvalue weighted by molar-refractivity contribution is -0.117. The van der Waals surface area contributed by atoms with E-state index in [1.54, 1.807) is 0 Å². The van der Waals surface area contributed by atoms with Crippen molar-refractivity contribution >= 4 is 11.6 Å². The first-order chi connectivity index (χ1) is 8.83. The maximum atomic E-state index is 11.9. The van der Waals surface area contributed by atoms with E-state index in [1.165, 1.54) is 5.56 Å². The van der Waals surface area contributed by atoms with Crippen LogP contribution in [0.4, 0.5) is 5.69 Å². The van der Waals surface area contributed by atoms with Crippen molar-refractivity contribution < 1.29 is 4.79 Å². The maximum absolute atomic E-state index is 11.9. The molecule has 0 saturated carbocycles. The maximum Gasteiger partial charge on any atom is 0.238 e. The minimum atomic E-state index is 0.110. The summed E-state index contributed by atoms with van der Waals surface area (Å²) in [6.45, 7) is 3.51. The van der Waals surface area contributed by atoms with Crippen molar-refractivity contribution in [2.45, 2.75) is 25.4 Å². The van der Waals surface area contributed by atoms with Gasteiger partial charge in [-0.15, -0.1) is 0 Å². The summed E-state index contributed by atoms with van der Waals surface area (Å²) in [5.41, 5.74) is 2.20. The molecular formula is C14H19N3O. The fourth-order valence-electron chi connectivity index (χ4n) is 2.86. The number of rotatable bonds is 1. The number of nitrogens with zero attached hydrogens (tertiary/aromatic N) is 1. The molecule has 18 heavy (non-hydrogen) atoms. The Morgan fingerprint density at radius 3 is 2.72 bits per heavy atom. The van der Waals surface area contributed by atoms with Crippen molar-refractivity contribution in [1.82, 2.24) is 10.2 Å². The second-order valence-electron chi connectivity index (χ2n) is 5.09. The Labute approximate surface area is 107 Å². The van der Waals surface area contributed by atoms with Crippen molar-refractivity contribution in [3.05, 3.63) is 29.8 Å². The summed E-state index contributed by atoms with van der Waals surface area (Å²) in [4.78, 5) is 14.3. The molecule has 0 aliphatic carbocycles. The van der Waals surface area contributed by atoms with Gasteiger partial charge in [-0.05, 0) is 37.6 Å². The highest BCUT2D eigenvalue weighted by Gasteiger charge is 2.26. The number of carbonyl (C=O) groups is 1. The zero-order chi connectivity index (χ0) is 12.4. The fraction of sp³-hybridized carbons (Fsp3) is 0.500. The summed E-state index contributed by atoms with van der Waals surface area (Å²) in [7, 11) is 0. The van der Waals surface area contributed by atoms with Gasteiger partial charge in [0.25, 0.3) is 0 Å². The molecule has 0 aromatic heterocycles. The number of piperidine rings is 1. The van der Waals surface area contributed by atoms with Gasteiger partial charge in [-0.1, -0.05) is 18.2 Å². The third-order valence-corrected chi connectivity index (χ3v) is 3.84. The molecule has 4 nitrogen and oxygen atoms in total. The van der Waals surface area contributed by atoms with Crippen molar-refractivity contribution in [2.75, 3.05) is 25.0 Å². The van der Waals surface area contributed by atoms with Gasteiger partial charge in [-0.2, -0.15) is 0 Å². The molecule has 4 heteroatoms. The van der Waals surface area contributed by atoms with Crippen LogP contribution in [0.3, 0.4) is 0 Å². The molecule has 1 aromatic rings. The molecule has 2 heterocycles. The second-order valence-corrected chi connectivity index (χ2v) is 5.09.